The van der Waals surface area contributed by atoms with Gasteiger partial charge in [-0.25, -0.2) is 13.2 Å². The second-order valence-corrected chi connectivity index (χ2v) is 10.1. The van der Waals surface area contributed by atoms with Crippen molar-refractivity contribution in [1.82, 2.24) is 9.21 Å². The van der Waals surface area contributed by atoms with Crippen LogP contribution in [0.4, 0.5) is 4.79 Å². The predicted octanol–water partition coefficient (Wildman–Crippen LogP) is 2.83. The third kappa shape index (κ3) is 5.50. The van der Waals surface area contributed by atoms with Gasteiger partial charge in [-0.1, -0.05) is 29.3 Å². The van der Waals surface area contributed by atoms with Gasteiger partial charge < -0.3 is 14.7 Å². The maximum Gasteiger partial charge on any atom is 0.410 e. The first-order valence-electron chi connectivity index (χ1n) is 8.45. The van der Waals surface area contributed by atoms with E-state index in [1.54, 1.807) is 26.8 Å². The number of piperazine rings is 1. The zero-order valence-electron chi connectivity index (χ0n) is 15.7. The summed E-state index contributed by atoms with van der Waals surface area (Å²) in [5.41, 5.74) is -0.552. The molecule has 0 aliphatic carbocycles. The second-order valence-electron chi connectivity index (χ2n) is 7.35. The van der Waals surface area contributed by atoms with Gasteiger partial charge in [-0.3, -0.25) is 4.79 Å². The Hall–Kier alpha value is -1.55. The van der Waals surface area contributed by atoms with Crippen molar-refractivity contribution in [1.29, 1.82) is 0 Å². The SMILES string of the molecule is CC(C)(C)OC(=O)N1CCN(S(=O)(=O)Cc2c(Cl)cccc2Cl)[C@@H](C(=O)O)C1. The van der Waals surface area contributed by atoms with Crippen LogP contribution in [0.2, 0.25) is 10.0 Å². The number of hydrogen-bond donors (Lipinski definition) is 1. The van der Waals surface area contributed by atoms with E-state index in [1.807, 2.05) is 0 Å². The Morgan fingerprint density at radius 3 is 2.29 bits per heavy atom. The Labute approximate surface area is 174 Å². The number of rotatable bonds is 4. The molecule has 0 unspecified atom stereocenters. The predicted molar refractivity (Wildman–Crippen MR) is 105 cm³/mol. The highest BCUT2D eigenvalue weighted by molar-refractivity contribution is 7.88. The summed E-state index contributed by atoms with van der Waals surface area (Å²) in [6, 6.07) is 3.16. The molecule has 1 aromatic carbocycles. The van der Waals surface area contributed by atoms with Gasteiger partial charge in [-0.05, 0) is 32.9 Å². The average molecular weight is 453 g/mol. The van der Waals surface area contributed by atoms with E-state index in [1.165, 1.54) is 17.0 Å². The number of hydrogen-bond acceptors (Lipinski definition) is 5. The molecule has 1 N–H and O–H groups in total. The van der Waals surface area contributed by atoms with Crippen molar-refractivity contribution in [3.8, 4) is 0 Å². The summed E-state index contributed by atoms with van der Waals surface area (Å²) in [6.07, 6.45) is -0.690. The first-order chi connectivity index (χ1) is 12.8. The van der Waals surface area contributed by atoms with Gasteiger partial charge in [0.15, 0.2) is 0 Å². The molecule has 0 aromatic heterocycles. The van der Waals surface area contributed by atoms with Crippen molar-refractivity contribution in [2.45, 2.75) is 38.2 Å². The number of amides is 1. The lowest BCUT2D eigenvalue weighted by Crippen LogP contribution is -2.59. The number of sulfonamides is 1. The summed E-state index contributed by atoms with van der Waals surface area (Å²) in [6.45, 7) is 4.57. The lowest BCUT2D eigenvalue weighted by atomic mass is 10.2. The van der Waals surface area contributed by atoms with E-state index in [0.717, 1.165) is 4.31 Å². The summed E-state index contributed by atoms with van der Waals surface area (Å²) < 4.78 is 31.9. The molecule has 1 atom stereocenters. The van der Waals surface area contributed by atoms with Gasteiger partial charge in [0.05, 0.1) is 12.3 Å². The molecule has 0 saturated carbocycles. The molecule has 1 aliphatic heterocycles. The quantitative estimate of drug-likeness (QED) is 0.752. The van der Waals surface area contributed by atoms with Crippen molar-refractivity contribution < 1.29 is 27.9 Å². The van der Waals surface area contributed by atoms with Crippen LogP contribution >= 0.6 is 23.2 Å². The lowest BCUT2D eigenvalue weighted by Gasteiger charge is -2.38. The minimum atomic E-state index is -4.06. The molecule has 1 aliphatic rings. The van der Waals surface area contributed by atoms with Crippen molar-refractivity contribution in [3.05, 3.63) is 33.8 Å². The van der Waals surface area contributed by atoms with E-state index >= 15 is 0 Å². The molecule has 1 fully saturated rings. The molecule has 28 heavy (non-hydrogen) atoms. The molecule has 2 rings (SSSR count). The van der Waals surface area contributed by atoms with Gasteiger partial charge in [-0.15, -0.1) is 0 Å². The Balaban J connectivity index is 2.23. The lowest BCUT2D eigenvalue weighted by molar-refractivity contribution is -0.143. The van der Waals surface area contributed by atoms with Crippen molar-refractivity contribution in [3.63, 3.8) is 0 Å². The maximum absolute atomic E-state index is 12.9. The Morgan fingerprint density at radius 1 is 1.21 bits per heavy atom. The number of nitrogens with zero attached hydrogens (tertiary/aromatic N) is 2. The normalized spacial score (nSPS) is 18.8. The van der Waals surface area contributed by atoms with Gasteiger partial charge in [-0.2, -0.15) is 4.31 Å². The van der Waals surface area contributed by atoms with E-state index in [4.69, 9.17) is 27.9 Å². The number of carboxylic acid groups (broad SMARTS) is 1. The minimum absolute atomic E-state index is 0.00811. The molecule has 1 amide bonds. The summed E-state index contributed by atoms with van der Waals surface area (Å²) >= 11 is 12.1. The van der Waals surface area contributed by atoms with Crippen LogP contribution in [0.25, 0.3) is 0 Å². The molecule has 1 heterocycles. The van der Waals surface area contributed by atoms with Crippen molar-refractivity contribution in [2.24, 2.45) is 0 Å². The topological polar surface area (TPSA) is 104 Å². The number of benzene rings is 1. The van der Waals surface area contributed by atoms with Gasteiger partial charge in [0, 0.05) is 28.7 Å². The molecule has 0 bridgehead atoms. The highest BCUT2D eigenvalue weighted by atomic mass is 35.5. The highest BCUT2D eigenvalue weighted by Gasteiger charge is 2.42. The fourth-order valence-corrected chi connectivity index (χ4v) is 5.16. The fourth-order valence-electron chi connectivity index (χ4n) is 2.73. The summed E-state index contributed by atoms with van der Waals surface area (Å²) in [4.78, 5) is 25.1. The van der Waals surface area contributed by atoms with E-state index in [-0.39, 0.29) is 35.2 Å². The van der Waals surface area contributed by atoms with E-state index in [2.05, 4.69) is 0 Å². The van der Waals surface area contributed by atoms with E-state index in [0.29, 0.717) is 0 Å². The van der Waals surface area contributed by atoms with Crippen LogP contribution in [0.3, 0.4) is 0 Å². The molecule has 11 heteroatoms. The van der Waals surface area contributed by atoms with Crippen LogP contribution in [0, 0.1) is 0 Å². The van der Waals surface area contributed by atoms with Crippen LogP contribution in [0.5, 0.6) is 0 Å². The maximum atomic E-state index is 12.9. The Bertz CT molecular complexity index is 849. The van der Waals surface area contributed by atoms with Crippen molar-refractivity contribution >= 4 is 45.3 Å². The summed E-state index contributed by atoms with van der Waals surface area (Å²) in [7, 11) is -4.06. The van der Waals surface area contributed by atoms with Crippen LogP contribution in [-0.2, 0) is 25.3 Å². The third-order valence-corrected chi connectivity index (χ3v) is 6.53. The summed E-state index contributed by atoms with van der Waals surface area (Å²) in [5.74, 6) is -1.90. The number of ether oxygens (including phenoxy) is 1. The first-order valence-corrected chi connectivity index (χ1v) is 10.8. The zero-order valence-corrected chi connectivity index (χ0v) is 18.0. The van der Waals surface area contributed by atoms with E-state index < -0.39 is 39.5 Å². The second kappa shape index (κ2) is 8.44. The summed E-state index contributed by atoms with van der Waals surface area (Å²) in [5, 5.41) is 9.89. The highest BCUT2D eigenvalue weighted by Crippen LogP contribution is 2.28. The van der Waals surface area contributed by atoms with E-state index in [9.17, 15) is 23.1 Å². The number of carbonyl (C=O) groups excluding carboxylic acids is 1. The number of halogens is 2. The first kappa shape index (κ1) is 22.7. The zero-order chi connectivity index (χ0) is 21.3. The Kier molecular flexibility index (Phi) is 6.86. The molecule has 0 radical (unpaired) electrons. The molecule has 1 saturated heterocycles. The van der Waals surface area contributed by atoms with Crippen LogP contribution in [-0.4, -0.2) is 66.1 Å². The minimum Gasteiger partial charge on any atom is -0.480 e. The molecular formula is C17H22Cl2N2O6S. The van der Waals surface area contributed by atoms with Crippen LogP contribution in [0.15, 0.2) is 18.2 Å². The molecular weight excluding hydrogens is 431 g/mol. The van der Waals surface area contributed by atoms with Crippen LogP contribution < -0.4 is 0 Å². The molecule has 1 aromatic rings. The average Bonchev–Trinajstić information content (AvgIpc) is 2.56. The number of carbonyl (C=O) groups is 2. The van der Waals surface area contributed by atoms with Gasteiger partial charge in [0.25, 0.3) is 0 Å². The fraction of sp³-hybridized carbons (Fsp3) is 0.529. The molecule has 8 nitrogen and oxygen atoms in total. The molecule has 156 valence electrons. The monoisotopic (exact) mass is 452 g/mol. The Morgan fingerprint density at radius 2 is 1.79 bits per heavy atom. The van der Waals surface area contributed by atoms with Crippen LogP contribution in [0.1, 0.15) is 26.3 Å². The van der Waals surface area contributed by atoms with Crippen molar-refractivity contribution in [2.75, 3.05) is 19.6 Å². The third-order valence-electron chi connectivity index (χ3n) is 4.01. The smallest absolute Gasteiger partial charge is 0.410 e. The number of aliphatic carboxylic acids is 1. The number of carboxylic acids is 1. The standard InChI is InChI=1S/C17H22Cl2N2O6S/c1-17(2,3)27-16(24)20-7-8-21(14(9-20)15(22)23)28(25,26)10-11-12(18)5-4-6-13(11)19/h4-6,14H,7-10H2,1-3H3,(H,22,23)/t14-/m1/s1. The van der Waals surface area contributed by atoms with Gasteiger partial charge in [0.2, 0.25) is 10.0 Å². The largest absolute Gasteiger partial charge is 0.480 e. The molecule has 0 spiro atoms. The van der Waals surface area contributed by atoms with Gasteiger partial charge >= 0.3 is 12.1 Å². The van der Waals surface area contributed by atoms with Gasteiger partial charge in [0.1, 0.15) is 11.6 Å².